The molecule has 0 atom stereocenters. The summed E-state index contributed by atoms with van der Waals surface area (Å²) in [6.07, 6.45) is 1.43. The maximum atomic E-state index is 13.3. The van der Waals surface area contributed by atoms with E-state index >= 15 is 0 Å². The standard InChI is InChI=1S/C16H15F2N3O2S2/c1-10(2)21-9-15(16(19-21)14-4-3-7-24-14)25(22,23)20-11-5-6-12(17)13(18)8-11/h3-10,20H,1-2H3. The summed E-state index contributed by atoms with van der Waals surface area (Å²) in [7, 11) is -4.03. The number of nitrogens with one attached hydrogen (secondary N) is 1. The van der Waals surface area contributed by atoms with Gasteiger partial charge < -0.3 is 0 Å². The number of hydrogen-bond donors (Lipinski definition) is 1. The number of benzene rings is 1. The summed E-state index contributed by atoms with van der Waals surface area (Å²) in [6.45, 7) is 3.76. The summed E-state index contributed by atoms with van der Waals surface area (Å²) in [4.78, 5) is 0.679. The van der Waals surface area contributed by atoms with Crippen LogP contribution in [0.2, 0.25) is 0 Å². The van der Waals surface area contributed by atoms with Crippen molar-refractivity contribution in [2.24, 2.45) is 0 Å². The largest absolute Gasteiger partial charge is 0.279 e. The van der Waals surface area contributed by atoms with E-state index in [1.54, 1.807) is 16.8 Å². The van der Waals surface area contributed by atoms with Gasteiger partial charge in [-0.25, -0.2) is 17.2 Å². The Morgan fingerprint density at radius 3 is 2.56 bits per heavy atom. The first-order valence-corrected chi connectivity index (χ1v) is 9.75. The maximum absolute atomic E-state index is 13.3. The van der Waals surface area contributed by atoms with Gasteiger partial charge >= 0.3 is 0 Å². The SMILES string of the molecule is CC(C)n1cc(S(=O)(=O)Nc2ccc(F)c(F)c2)c(-c2cccs2)n1. The Labute approximate surface area is 148 Å². The molecule has 0 bridgehead atoms. The van der Waals surface area contributed by atoms with Gasteiger partial charge in [-0.15, -0.1) is 11.3 Å². The highest BCUT2D eigenvalue weighted by atomic mass is 32.2. The summed E-state index contributed by atoms with van der Waals surface area (Å²) in [6, 6.07) is 6.36. The minimum atomic E-state index is -4.03. The van der Waals surface area contributed by atoms with Crippen LogP contribution in [0.25, 0.3) is 10.6 Å². The van der Waals surface area contributed by atoms with Crippen molar-refractivity contribution in [2.75, 3.05) is 4.72 Å². The number of nitrogens with zero attached hydrogens (tertiary/aromatic N) is 2. The average Bonchev–Trinajstić information content (AvgIpc) is 3.19. The Balaban J connectivity index is 2.05. The Bertz CT molecular complexity index is 997. The van der Waals surface area contributed by atoms with E-state index < -0.39 is 21.7 Å². The lowest BCUT2D eigenvalue weighted by Crippen LogP contribution is -2.13. The molecular formula is C16H15F2N3O2S2. The third-order valence-electron chi connectivity index (χ3n) is 3.44. The van der Waals surface area contributed by atoms with Crippen LogP contribution in [0.5, 0.6) is 0 Å². The van der Waals surface area contributed by atoms with E-state index in [0.717, 1.165) is 18.2 Å². The number of sulfonamides is 1. The van der Waals surface area contributed by atoms with E-state index in [1.165, 1.54) is 17.5 Å². The zero-order valence-electron chi connectivity index (χ0n) is 13.4. The number of rotatable bonds is 5. The molecule has 0 aliphatic rings. The molecule has 0 saturated carbocycles. The Morgan fingerprint density at radius 2 is 1.96 bits per heavy atom. The predicted octanol–water partition coefficient (Wildman–Crippen LogP) is 4.27. The summed E-state index contributed by atoms with van der Waals surface area (Å²) in [5.41, 5.74) is 0.257. The van der Waals surface area contributed by atoms with Crippen LogP contribution in [0.1, 0.15) is 19.9 Å². The van der Waals surface area contributed by atoms with E-state index in [4.69, 9.17) is 0 Å². The molecule has 132 valence electrons. The van der Waals surface area contributed by atoms with E-state index in [9.17, 15) is 17.2 Å². The monoisotopic (exact) mass is 383 g/mol. The summed E-state index contributed by atoms with van der Waals surface area (Å²) < 4.78 is 55.7. The number of hydrogen-bond acceptors (Lipinski definition) is 4. The highest BCUT2D eigenvalue weighted by molar-refractivity contribution is 7.92. The molecule has 25 heavy (non-hydrogen) atoms. The molecular weight excluding hydrogens is 368 g/mol. The smallest absolute Gasteiger partial charge is 0.265 e. The van der Waals surface area contributed by atoms with Crippen molar-refractivity contribution in [2.45, 2.75) is 24.8 Å². The van der Waals surface area contributed by atoms with Gasteiger partial charge in [0.05, 0.1) is 10.6 Å². The third kappa shape index (κ3) is 3.57. The maximum Gasteiger partial charge on any atom is 0.265 e. The van der Waals surface area contributed by atoms with Crippen LogP contribution < -0.4 is 4.72 Å². The molecule has 9 heteroatoms. The second-order valence-electron chi connectivity index (χ2n) is 5.63. The van der Waals surface area contributed by atoms with Crippen molar-refractivity contribution in [1.82, 2.24) is 9.78 Å². The van der Waals surface area contributed by atoms with Crippen molar-refractivity contribution >= 4 is 27.0 Å². The molecule has 0 fully saturated rings. The van der Waals surface area contributed by atoms with Gasteiger partial charge in [0.25, 0.3) is 10.0 Å². The predicted molar refractivity (Wildman–Crippen MR) is 93.1 cm³/mol. The van der Waals surface area contributed by atoms with E-state index in [-0.39, 0.29) is 16.6 Å². The average molecular weight is 383 g/mol. The highest BCUT2D eigenvalue weighted by Crippen LogP contribution is 2.31. The van der Waals surface area contributed by atoms with Crippen LogP contribution in [0.4, 0.5) is 14.5 Å². The molecule has 0 spiro atoms. The zero-order chi connectivity index (χ0) is 18.2. The fraction of sp³-hybridized carbons (Fsp3) is 0.188. The summed E-state index contributed by atoms with van der Waals surface area (Å²) >= 11 is 1.36. The molecule has 2 aromatic heterocycles. The number of halogens is 2. The van der Waals surface area contributed by atoms with Gasteiger partial charge in [-0.2, -0.15) is 5.10 Å². The van der Waals surface area contributed by atoms with Crippen LogP contribution in [0.3, 0.4) is 0 Å². The lowest BCUT2D eigenvalue weighted by molar-refractivity contribution is 0.509. The number of anilines is 1. The Morgan fingerprint density at radius 1 is 1.20 bits per heavy atom. The van der Waals surface area contributed by atoms with E-state index in [1.807, 2.05) is 19.2 Å². The highest BCUT2D eigenvalue weighted by Gasteiger charge is 2.25. The summed E-state index contributed by atoms with van der Waals surface area (Å²) in [5.74, 6) is -2.17. The first-order chi connectivity index (χ1) is 11.8. The van der Waals surface area contributed by atoms with Crippen LogP contribution >= 0.6 is 11.3 Å². The molecule has 1 N–H and O–H groups in total. The Hall–Kier alpha value is -2.26. The van der Waals surface area contributed by atoms with Crippen molar-refractivity contribution in [3.05, 3.63) is 53.5 Å². The van der Waals surface area contributed by atoms with Gasteiger partial charge in [0.1, 0.15) is 10.6 Å². The molecule has 0 aliphatic heterocycles. The second-order valence-corrected chi connectivity index (χ2v) is 8.23. The number of thiophene rings is 1. The first-order valence-electron chi connectivity index (χ1n) is 7.39. The molecule has 2 heterocycles. The van der Waals surface area contributed by atoms with Crippen molar-refractivity contribution < 1.29 is 17.2 Å². The molecule has 0 unspecified atom stereocenters. The molecule has 0 amide bonds. The van der Waals surface area contributed by atoms with Crippen LogP contribution in [0.15, 0.2) is 46.8 Å². The topological polar surface area (TPSA) is 64.0 Å². The van der Waals surface area contributed by atoms with Gasteiger partial charge in [0.15, 0.2) is 11.6 Å². The first kappa shape index (κ1) is 17.6. The van der Waals surface area contributed by atoms with Crippen molar-refractivity contribution in [1.29, 1.82) is 0 Å². The second kappa shape index (κ2) is 6.57. The Kier molecular flexibility index (Phi) is 4.61. The number of aromatic nitrogens is 2. The van der Waals surface area contributed by atoms with E-state index in [0.29, 0.717) is 10.6 Å². The molecule has 5 nitrogen and oxygen atoms in total. The van der Waals surface area contributed by atoms with E-state index in [2.05, 4.69) is 9.82 Å². The quantitative estimate of drug-likeness (QED) is 0.716. The van der Waals surface area contributed by atoms with Crippen molar-refractivity contribution in [3.8, 4) is 10.6 Å². The minimum Gasteiger partial charge on any atom is -0.279 e. The fourth-order valence-electron chi connectivity index (χ4n) is 2.19. The molecule has 0 aliphatic carbocycles. The molecule has 3 aromatic rings. The molecule has 0 saturated heterocycles. The van der Waals surface area contributed by atoms with Crippen LogP contribution in [-0.2, 0) is 10.0 Å². The molecule has 3 rings (SSSR count). The van der Waals surface area contributed by atoms with Crippen LogP contribution in [0, 0.1) is 11.6 Å². The fourth-order valence-corrected chi connectivity index (χ4v) is 4.18. The normalized spacial score (nSPS) is 11.9. The summed E-state index contributed by atoms with van der Waals surface area (Å²) in [5, 5.41) is 6.19. The van der Waals surface area contributed by atoms with Gasteiger partial charge in [0, 0.05) is 18.3 Å². The molecule has 0 radical (unpaired) electrons. The van der Waals surface area contributed by atoms with Gasteiger partial charge in [-0.3, -0.25) is 9.40 Å². The minimum absolute atomic E-state index is 0.0200. The van der Waals surface area contributed by atoms with Gasteiger partial charge in [-0.1, -0.05) is 6.07 Å². The zero-order valence-corrected chi connectivity index (χ0v) is 15.0. The van der Waals surface area contributed by atoms with Crippen molar-refractivity contribution in [3.63, 3.8) is 0 Å². The third-order valence-corrected chi connectivity index (χ3v) is 5.70. The molecule has 1 aromatic carbocycles. The van der Waals surface area contributed by atoms with Gasteiger partial charge in [0.2, 0.25) is 0 Å². The lowest BCUT2D eigenvalue weighted by Gasteiger charge is -2.08. The van der Waals surface area contributed by atoms with Crippen LogP contribution in [-0.4, -0.2) is 18.2 Å². The lowest BCUT2D eigenvalue weighted by atomic mass is 10.3. The van der Waals surface area contributed by atoms with Gasteiger partial charge in [-0.05, 0) is 37.4 Å².